The van der Waals surface area contributed by atoms with Crippen LogP contribution < -0.4 is 5.43 Å². The van der Waals surface area contributed by atoms with Crippen LogP contribution in [0, 0.1) is 20.2 Å². The SMILES string of the molecule is O=[N+]([O-])c1cc(C(F)(F)F)ccc1NN=Cc1cc(Br)cc([N+](=O)[O-])c1O. The largest absolute Gasteiger partial charge is 0.502 e. The van der Waals surface area contributed by atoms with Crippen LogP contribution in [0.2, 0.25) is 0 Å². The van der Waals surface area contributed by atoms with Gasteiger partial charge in [-0.15, -0.1) is 0 Å². The van der Waals surface area contributed by atoms with Crippen LogP contribution >= 0.6 is 15.9 Å². The quantitative estimate of drug-likeness (QED) is 0.394. The Labute approximate surface area is 156 Å². The first kappa shape index (κ1) is 20.1. The second-order valence-corrected chi connectivity index (χ2v) is 5.89. The van der Waals surface area contributed by atoms with Gasteiger partial charge < -0.3 is 5.11 Å². The Balaban J connectivity index is 2.34. The number of phenols is 1. The second-order valence-electron chi connectivity index (χ2n) is 4.98. The van der Waals surface area contributed by atoms with Crippen LogP contribution in [-0.2, 0) is 6.18 Å². The lowest BCUT2D eigenvalue weighted by Crippen LogP contribution is -2.06. The van der Waals surface area contributed by atoms with Gasteiger partial charge in [0, 0.05) is 22.2 Å². The second kappa shape index (κ2) is 7.57. The Morgan fingerprint density at radius 3 is 2.30 bits per heavy atom. The summed E-state index contributed by atoms with van der Waals surface area (Å²) in [6, 6.07) is 4.14. The predicted octanol–water partition coefficient (Wildman–Crippen LogP) is 4.44. The summed E-state index contributed by atoms with van der Waals surface area (Å²) in [6.07, 6.45) is -3.83. The molecule has 0 aromatic heterocycles. The third-order valence-electron chi connectivity index (χ3n) is 3.19. The lowest BCUT2D eigenvalue weighted by molar-refractivity contribution is -0.386. The van der Waals surface area contributed by atoms with Gasteiger partial charge in [0.15, 0.2) is 0 Å². The summed E-state index contributed by atoms with van der Waals surface area (Å²) in [4.78, 5) is 20.0. The molecule has 0 radical (unpaired) electrons. The molecule has 0 aliphatic carbocycles. The minimum atomic E-state index is -4.76. The average Bonchev–Trinajstić information content (AvgIpc) is 2.56. The molecule has 2 aromatic carbocycles. The molecule has 0 aliphatic heterocycles. The maximum absolute atomic E-state index is 12.7. The summed E-state index contributed by atoms with van der Waals surface area (Å²) in [5.41, 5.74) is -0.936. The molecule has 27 heavy (non-hydrogen) atoms. The van der Waals surface area contributed by atoms with E-state index in [1.54, 1.807) is 0 Å². The van der Waals surface area contributed by atoms with Gasteiger partial charge in [0.2, 0.25) is 5.75 Å². The molecule has 0 amide bonds. The fourth-order valence-electron chi connectivity index (χ4n) is 1.97. The van der Waals surface area contributed by atoms with Crippen LogP contribution in [0.5, 0.6) is 5.75 Å². The Morgan fingerprint density at radius 1 is 1.11 bits per heavy atom. The first-order valence-corrected chi connectivity index (χ1v) is 7.61. The Kier molecular flexibility index (Phi) is 5.64. The zero-order chi connectivity index (χ0) is 20.4. The highest BCUT2D eigenvalue weighted by molar-refractivity contribution is 9.10. The van der Waals surface area contributed by atoms with E-state index in [2.05, 4.69) is 26.5 Å². The van der Waals surface area contributed by atoms with Gasteiger partial charge in [-0.05, 0) is 18.2 Å². The molecule has 0 fully saturated rings. The summed E-state index contributed by atoms with van der Waals surface area (Å²) in [5.74, 6) is -0.698. The molecule has 13 heteroatoms. The van der Waals surface area contributed by atoms with Gasteiger partial charge in [-0.2, -0.15) is 18.3 Å². The van der Waals surface area contributed by atoms with E-state index in [0.717, 1.165) is 18.3 Å². The van der Waals surface area contributed by atoms with Crippen molar-refractivity contribution in [1.82, 2.24) is 0 Å². The number of hydrogen-bond donors (Lipinski definition) is 2. The van der Waals surface area contributed by atoms with Crippen LogP contribution in [0.3, 0.4) is 0 Å². The van der Waals surface area contributed by atoms with E-state index in [9.17, 15) is 38.5 Å². The highest BCUT2D eigenvalue weighted by Crippen LogP contribution is 2.35. The molecule has 0 saturated carbocycles. The number of hydrazone groups is 1. The van der Waals surface area contributed by atoms with Gasteiger partial charge in [-0.3, -0.25) is 25.7 Å². The average molecular weight is 449 g/mol. The van der Waals surface area contributed by atoms with Crippen LogP contribution in [-0.4, -0.2) is 21.2 Å². The number of benzene rings is 2. The van der Waals surface area contributed by atoms with Gasteiger partial charge >= 0.3 is 11.9 Å². The number of nitrogens with zero attached hydrogens (tertiary/aromatic N) is 3. The smallest absolute Gasteiger partial charge is 0.416 e. The zero-order valence-corrected chi connectivity index (χ0v) is 14.5. The third kappa shape index (κ3) is 4.69. The first-order valence-electron chi connectivity index (χ1n) is 6.82. The van der Waals surface area contributed by atoms with Crippen molar-refractivity contribution in [3.05, 3.63) is 66.2 Å². The van der Waals surface area contributed by atoms with Crippen molar-refractivity contribution < 1.29 is 28.1 Å². The van der Waals surface area contributed by atoms with Crippen LogP contribution in [0.1, 0.15) is 11.1 Å². The normalized spacial score (nSPS) is 11.6. The van der Waals surface area contributed by atoms with Crippen molar-refractivity contribution >= 4 is 39.2 Å². The van der Waals surface area contributed by atoms with Gasteiger partial charge in [0.25, 0.3) is 5.69 Å². The molecule has 0 atom stereocenters. The van der Waals surface area contributed by atoms with Gasteiger partial charge in [-0.1, -0.05) is 15.9 Å². The summed E-state index contributed by atoms with van der Waals surface area (Å²) in [6.45, 7) is 0. The van der Waals surface area contributed by atoms with E-state index >= 15 is 0 Å². The number of alkyl halides is 3. The molecule has 0 heterocycles. The Morgan fingerprint density at radius 2 is 1.74 bits per heavy atom. The zero-order valence-electron chi connectivity index (χ0n) is 12.9. The van der Waals surface area contributed by atoms with Crippen molar-refractivity contribution in [2.24, 2.45) is 5.10 Å². The third-order valence-corrected chi connectivity index (χ3v) is 3.65. The van der Waals surface area contributed by atoms with E-state index in [-0.39, 0.29) is 15.7 Å². The van der Waals surface area contributed by atoms with Gasteiger partial charge in [0.05, 0.1) is 21.6 Å². The fraction of sp³-hybridized carbons (Fsp3) is 0.0714. The molecule has 0 saturated heterocycles. The monoisotopic (exact) mass is 448 g/mol. The Bertz CT molecular complexity index is 949. The van der Waals surface area contributed by atoms with Crippen molar-refractivity contribution in [2.75, 3.05) is 5.43 Å². The number of phenolic OH excluding ortho intramolecular Hbond substituents is 1. The van der Waals surface area contributed by atoms with Crippen molar-refractivity contribution in [3.8, 4) is 5.75 Å². The number of nitro benzene ring substituents is 2. The van der Waals surface area contributed by atoms with E-state index in [4.69, 9.17) is 0 Å². The fourth-order valence-corrected chi connectivity index (χ4v) is 2.43. The summed E-state index contributed by atoms with van der Waals surface area (Å²) in [5, 5.41) is 35.2. The molecule has 2 rings (SSSR count). The molecule has 2 aromatic rings. The summed E-state index contributed by atoms with van der Waals surface area (Å²) >= 11 is 3.02. The number of nitrogens with one attached hydrogen (secondary N) is 1. The molecule has 0 spiro atoms. The lowest BCUT2D eigenvalue weighted by Gasteiger charge is -2.08. The standard InChI is InChI=1S/C14H8BrF3N4O5/c15-9-3-7(13(23)12(5-9)22(26)27)6-19-20-10-2-1-8(14(16,17)18)4-11(10)21(24)25/h1-6,20,23H. The van der Waals surface area contributed by atoms with Crippen molar-refractivity contribution in [1.29, 1.82) is 0 Å². The summed E-state index contributed by atoms with van der Waals surface area (Å²) in [7, 11) is 0. The molecule has 9 nitrogen and oxygen atoms in total. The van der Waals surface area contributed by atoms with Crippen LogP contribution in [0.25, 0.3) is 0 Å². The number of hydrogen-bond acceptors (Lipinski definition) is 7. The predicted molar refractivity (Wildman–Crippen MR) is 91.8 cm³/mol. The lowest BCUT2D eigenvalue weighted by atomic mass is 10.1. The molecular formula is C14H8BrF3N4O5. The van der Waals surface area contributed by atoms with E-state index < -0.39 is 38.7 Å². The minimum Gasteiger partial charge on any atom is -0.502 e. The molecule has 0 unspecified atom stereocenters. The van der Waals surface area contributed by atoms with E-state index in [1.807, 2.05) is 0 Å². The number of nitro groups is 2. The maximum atomic E-state index is 12.7. The maximum Gasteiger partial charge on any atom is 0.416 e. The number of halogens is 4. The highest BCUT2D eigenvalue weighted by Gasteiger charge is 2.33. The van der Waals surface area contributed by atoms with Crippen LogP contribution in [0.4, 0.5) is 30.2 Å². The van der Waals surface area contributed by atoms with Crippen molar-refractivity contribution in [2.45, 2.75) is 6.18 Å². The number of aromatic hydroxyl groups is 1. The molecule has 2 N–H and O–H groups in total. The first-order chi connectivity index (χ1) is 12.5. The van der Waals surface area contributed by atoms with Crippen molar-refractivity contribution in [3.63, 3.8) is 0 Å². The molecular weight excluding hydrogens is 441 g/mol. The van der Waals surface area contributed by atoms with Gasteiger partial charge in [-0.25, -0.2) is 0 Å². The minimum absolute atomic E-state index is 0.0989. The molecule has 0 aliphatic rings. The Hall–Kier alpha value is -3.22. The van der Waals surface area contributed by atoms with Gasteiger partial charge in [0.1, 0.15) is 5.69 Å². The topological polar surface area (TPSA) is 131 Å². The van der Waals surface area contributed by atoms with Crippen LogP contribution in [0.15, 0.2) is 39.9 Å². The van der Waals surface area contributed by atoms with E-state index in [0.29, 0.717) is 12.1 Å². The number of rotatable bonds is 5. The van der Waals surface area contributed by atoms with E-state index in [1.165, 1.54) is 6.07 Å². The molecule has 142 valence electrons. The molecule has 0 bridgehead atoms. The summed E-state index contributed by atoms with van der Waals surface area (Å²) < 4.78 is 38.2. The number of anilines is 1. The highest BCUT2D eigenvalue weighted by atomic mass is 79.9.